The summed E-state index contributed by atoms with van der Waals surface area (Å²) in [6.45, 7) is 2.02. The Morgan fingerprint density at radius 1 is 1.35 bits per heavy atom. The van der Waals surface area contributed by atoms with E-state index >= 15 is 0 Å². The minimum atomic E-state index is -0.720. The molecule has 1 aliphatic carbocycles. The van der Waals surface area contributed by atoms with Gasteiger partial charge >= 0.3 is 5.97 Å². The molecule has 2 rings (SSSR count). The van der Waals surface area contributed by atoms with E-state index in [1.54, 1.807) is 17.4 Å². The molecule has 20 heavy (non-hydrogen) atoms. The van der Waals surface area contributed by atoms with Gasteiger partial charge in [0.05, 0.1) is 5.92 Å². The maximum atomic E-state index is 11.8. The zero-order valence-corrected chi connectivity index (χ0v) is 12.3. The fourth-order valence-corrected chi connectivity index (χ4v) is 3.26. The first kappa shape index (κ1) is 14.8. The molecule has 0 aromatic carbocycles. The molecule has 1 aliphatic rings. The molecule has 1 aromatic rings. The summed E-state index contributed by atoms with van der Waals surface area (Å²) in [5.74, 6) is -1.06. The largest absolute Gasteiger partial charge is 0.481 e. The second-order valence-electron chi connectivity index (χ2n) is 5.20. The zero-order chi connectivity index (χ0) is 14.5. The number of carbonyl (C=O) groups excluding carboxylic acids is 1. The first-order chi connectivity index (χ1) is 9.56. The maximum absolute atomic E-state index is 11.8. The molecule has 1 fully saturated rings. The Morgan fingerprint density at radius 3 is 2.60 bits per heavy atom. The average Bonchev–Trinajstić information content (AvgIpc) is 2.82. The van der Waals surface area contributed by atoms with E-state index in [0.29, 0.717) is 12.8 Å². The van der Waals surface area contributed by atoms with Gasteiger partial charge in [0, 0.05) is 17.0 Å². The molecular weight excluding hydrogens is 274 g/mol. The van der Waals surface area contributed by atoms with Crippen molar-refractivity contribution in [3.63, 3.8) is 0 Å². The van der Waals surface area contributed by atoms with E-state index in [1.807, 2.05) is 24.4 Å². The van der Waals surface area contributed by atoms with Crippen LogP contribution in [-0.2, 0) is 9.59 Å². The summed E-state index contributed by atoms with van der Waals surface area (Å²) in [4.78, 5) is 23.8. The lowest BCUT2D eigenvalue weighted by molar-refractivity contribution is -0.142. The zero-order valence-electron chi connectivity index (χ0n) is 11.5. The second-order valence-corrected chi connectivity index (χ2v) is 6.14. The van der Waals surface area contributed by atoms with Crippen LogP contribution in [0.5, 0.6) is 0 Å². The highest BCUT2D eigenvalue weighted by molar-refractivity contribution is 7.11. The van der Waals surface area contributed by atoms with Gasteiger partial charge in [0.25, 0.3) is 0 Å². The molecule has 2 N–H and O–H groups in total. The predicted molar refractivity (Wildman–Crippen MR) is 79.6 cm³/mol. The molecule has 0 unspecified atom stereocenters. The van der Waals surface area contributed by atoms with Crippen molar-refractivity contribution in [3.8, 4) is 0 Å². The Kier molecular flexibility index (Phi) is 4.95. The van der Waals surface area contributed by atoms with Crippen LogP contribution < -0.4 is 5.32 Å². The summed E-state index contributed by atoms with van der Waals surface area (Å²) < 4.78 is 0. The number of hydrogen-bond acceptors (Lipinski definition) is 3. The molecule has 1 saturated carbocycles. The summed E-state index contributed by atoms with van der Waals surface area (Å²) in [5.41, 5.74) is 1.17. The van der Waals surface area contributed by atoms with Gasteiger partial charge in [-0.15, -0.1) is 11.3 Å². The van der Waals surface area contributed by atoms with Crippen molar-refractivity contribution in [1.29, 1.82) is 0 Å². The fraction of sp³-hybridized carbons (Fsp3) is 0.467. The summed E-state index contributed by atoms with van der Waals surface area (Å²) >= 11 is 1.61. The lowest BCUT2D eigenvalue weighted by atomic mass is 9.86. The highest BCUT2D eigenvalue weighted by atomic mass is 32.1. The summed E-state index contributed by atoms with van der Waals surface area (Å²) in [6, 6.07) is 2.13. The van der Waals surface area contributed by atoms with Gasteiger partial charge < -0.3 is 10.4 Å². The molecule has 1 heterocycles. The number of nitrogens with one attached hydrogen (secondary N) is 1. The number of thiophene rings is 1. The minimum Gasteiger partial charge on any atom is -0.481 e. The van der Waals surface area contributed by atoms with Crippen molar-refractivity contribution in [1.82, 2.24) is 5.32 Å². The van der Waals surface area contributed by atoms with Crippen LogP contribution >= 0.6 is 11.3 Å². The number of carboxylic acid groups (broad SMARTS) is 1. The van der Waals surface area contributed by atoms with Crippen LogP contribution in [0.1, 0.15) is 36.1 Å². The van der Waals surface area contributed by atoms with Crippen LogP contribution in [0.4, 0.5) is 0 Å². The van der Waals surface area contributed by atoms with Crippen LogP contribution in [0.25, 0.3) is 6.08 Å². The van der Waals surface area contributed by atoms with E-state index in [9.17, 15) is 9.59 Å². The Bertz CT molecular complexity index is 513. The van der Waals surface area contributed by atoms with Gasteiger partial charge in [0.1, 0.15) is 0 Å². The van der Waals surface area contributed by atoms with Gasteiger partial charge in [-0.1, -0.05) is 0 Å². The van der Waals surface area contributed by atoms with Crippen molar-refractivity contribution in [2.45, 2.75) is 38.6 Å². The van der Waals surface area contributed by atoms with Gasteiger partial charge in [-0.3, -0.25) is 9.59 Å². The lowest BCUT2D eigenvalue weighted by Crippen LogP contribution is -2.37. The van der Waals surface area contributed by atoms with Crippen LogP contribution in [0.3, 0.4) is 0 Å². The van der Waals surface area contributed by atoms with Crippen molar-refractivity contribution in [3.05, 3.63) is 28.0 Å². The van der Waals surface area contributed by atoms with Crippen LogP contribution in [0, 0.1) is 12.8 Å². The Morgan fingerprint density at radius 2 is 2.05 bits per heavy atom. The van der Waals surface area contributed by atoms with Gasteiger partial charge in [-0.25, -0.2) is 0 Å². The third-order valence-electron chi connectivity index (χ3n) is 3.71. The number of amides is 1. The summed E-state index contributed by atoms with van der Waals surface area (Å²) in [5, 5.41) is 13.9. The molecule has 0 bridgehead atoms. The van der Waals surface area contributed by atoms with E-state index in [0.717, 1.165) is 17.7 Å². The van der Waals surface area contributed by atoms with Crippen molar-refractivity contribution >= 4 is 29.3 Å². The first-order valence-corrected chi connectivity index (χ1v) is 7.69. The molecule has 4 nitrogen and oxygen atoms in total. The third-order valence-corrected chi connectivity index (χ3v) is 4.69. The second kappa shape index (κ2) is 6.70. The molecule has 5 heteroatoms. The van der Waals surface area contributed by atoms with Gasteiger partial charge in [-0.05, 0) is 55.7 Å². The summed E-state index contributed by atoms with van der Waals surface area (Å²) in [6.07, 6.45) is 6.17. The van der Waals surface area contributed by atoms with E-state index in [-0.39, 0.29) is 17.9 Å². The molecule has 0 atom stereocenters. The summed E-state index contributed by atoms with van der Waals surface area (Å²) in [7, 11) is 0. The standard InChI is InChI=1S/C15H19NO3S/c1-10-8-9-20-13(10)6-7-14(17)16-12-4-2-11(3-5-12)15(18)19/h6-9,11-12H,2-5H2,1H3,(H,16,17)(H,18,19)/b7-6+. The number of aliphatic carboxylic acids is 1. The number of aryl methyl sites for hydroxylation is 1. The third kappa shape index (κ3) is 3.93. The fourth-order valence-electron chi connectivity index (χ4n) is 2.44. The highest BCUT2D eigenvalue weighted by Gasteiger charge is 2.26. The molecule has 0 radical (unpaired) electrons. The molecule has 108 valence electrons. The van der Waals surface area contributed by atoms with E-state index < -0.39 is 5.97 Å². The van der Waals surface area contributed by atoms with Crippen LogP contribution in [-0.4, -0.2) is 23.0 Å². The minimum absolute atomic E-state index is 0.100. The highest BCUT2D eigenvalue weighted by Crippen LogP contribution is 2.24. The number of carbonyl (C=O) groups is 2. The monoisotopic (exact) mass is 293 g/mol. The Hall–Kier alpha value is -1.62. The number of rotatable bonds is 4. The van der Waals surface area contributed by atoms with E-state index in [4.69, 9.17) is 5.11 Å². The smallest absolute Gasteiger partial charge is 0.306 e. The van der Waals surface area contributed by atoms with Crippen molar-refractivity contribution < 1.29 is 14.7 Å². The topological polar surface area (TPSA) is 66.4 Å². The number of hydrogen-bond donors (Lipinski definition) is 2. The van der Waals surface area contributed by atoms with Crippen molar-refractivity contribution in [2.75, 3.05) is 0 Å². The van der Waals surface area contributed by atoms with Gasteiger partial charge in [0.15, 0.2) is 0 Å². The molecular formula is C15H19NO3S. The molecule has 0 saturated heterocycles. The van der Waals surface area contributed by atoms with E-state index in [1.165, 1.54) is 5.56 Å². The lowest BCUT2D eigenvalue weighted by Gasteiger charge is -2.26. The molecule has 0 aliphatic heterocycles. The van der Waals surface area contributed by atoms with Crippen molar-refractivity contribution in [2.24, 2.45) is 5.92 Å². The quantitative estimate of drug-likeness (QED) is 0.839. The Balaban J connectivity index is 1.80. The van der Waals surface area contributed by atoms with Gasteiger partial charge in [-0.2, -0.15) is 0 Å². The van der Waals surface area contributed by atoms with Crippen LogP contribution in [0.2, 0.25) is 0 Å². The van der Waals surface area contributed by atoms with E-state index in [2.05, 4.69) is 5.32 Å². The Labute approximate surface area is 122 Å². The first-order valence-electron chi connectivity index (χ1n) is 6.81. The molecule has 1 aromatic heterocycles. The average molecular weight is 293 g/mol. The normalized spacial score (nSPS) is 22.9. The van der Waals surface area contributed by atoms with Crippen LogP contribution in [0.15, 0.2) is 17.5 Å². The maximum Gasteiger partial charge on any atom is 0.306 e. The SMILES string of the molecule is Cc1ccsc1/C=C/C(=O)NC1CCC(C(=O)O)CC1. The molecule has 0 spiro atoms. The number of carboxylic acids is 1. The molecule has 1 amide bonds. The van der Waals surface area contributed by atoms with Gasteiger partial charge in [0.2, 0.25) is 5.91 Å². The predicted octanol–water partition coefficient (Wildman–Crippen LogP) is 2.83.